The first-order valence-corrected chi connectivity index (χ1v) is 7.87. The fraction of sp³-hybridized carbons (Fsp3) is 0.278. The molecule has 0 aliphatic heterocycles. The lowest BCUT2D eigenvalue weighted by atomic mass is 9.96. The zero-order valence-electron chi connectivity index (χ0n) is 13.5. The monoisotopic (exact) mass is 339 g/mol. The maximum Gasteiger partial charge on any atom is 0.312 e. The predicted octanol–water partition coefficient (Wildman–Crippen LogP) is 2.14. The fourth-order valence-electron chi connectivity index (χ4n) is 3.56. The molecule has 2 aromatic rings. The number of nitrogen functional groups attached to an aromatic ring is 1. The molecule has 2 aliphatic carbocycles. The zero-order chi connectivity index (χ0) is 17.8. The minimum absolute atomic E-state index is 0.0197. The van der Waals surface area contributed by atoms with Gasteiger partial charge in [0, 0.05) is 23.7 Å². The van der Waals surface area contributed by atoms with Gasteiger partial charge in [-0.25, -0.2) is 0 Å². The van der Waals surface area contributed by atoms with Crippen molar-refractivity contribution in [2.75, 3.05) is 7.11 Å². The first-order valence-electron chi connectivity index (χ1n) is 7.87. The number of carbonyl (C=O) groups excluding carboxylic acids is 1. The lowest BCUT2D eigenvalue weighted by Crippen LogP contribution is -2.13. The average Bonchev–Trinajstić information content (AvgIpc) is 3.47. The molecular formula is C18H17N3O4. The molecule has 0 saturated heterocycles. The van der Waals surface area contributed by atoms with E-state index in [1.807, 2.05) is 0 Å². The molecular weight excluding hydrogens is 322 g/mol. The molecule has 1 aromatic heterocycles. The van der Waals surface area contributed by atoms with E-state index in [9.17, 15) is 9.90 Å². The van der Waals surface area contributed by atoms with Gasteiger partial charge >= 0.3 is 5.97 Å². The van der Waals surface area contributed by atoms with E-state index in [0.29, 0.717) is 22.8 Å². The number of pyridine rings is 1. The lowest BCUT2D eigenvalue weighted by molar-refractivity contribution is -0.144. The second kappa shape index (κ2) is 5.20. The molecule has 3 unspecified atom stereocenters. The number of nitrogens with two attached hydrogens (primary N) is 1. The molecule has 1 aromatic carbocycles. The van der Waals surface area contributed by atoms with Gasteiger partial charge in [0.1, 0.15) is 28.8 Å². The Bertz CT molecular complexity index is 898. The summed E-state index contributed by atoms with van der Waals surface area (Å²) in [6.07, 6.45) is 2.32. The van der Waals surface area contributed by atoms with Gasteiger partial charge in [-0.2, -0.15) is 0 Å². The number of carbonyl (C=O) groups is 1. The van der Waals surface area contributed by atoms with Crippen LogP contribution in [0.5, 0.6) is 17.2 Å². The van der Waals surface area contributed by atoms with E-state index in [1.54, 1.807) is 30.3 Å². The number of amidine groups is 1. The van der Waals surface area contributed by atoms with Crippen LogP contribution in [-0.4, -0.2) is 29.0 Å². The molecule has 2 fully saturated rings. The number of esters is 1. The van der Waals surface area contributed by atoms with E-state index in [0.717, 1.165) is 6.42 Å². The van der Waals surface area contributed by atoms with E-state index < -0.39 is 5.41 Å². The second-order valence-corrected chi connectivity index (χ2v) is 6.43. The molecule has 2 saturated carbocycles. The predicted molar refractivity (Wildman–Crippen MR) is 88.7 cm³/mol. The van der Waals surface area contributed by atoms with Gasteiger partial charge in [-0.3, -0.25) is 15.2 Å². The van der Waals surface area contributed by atoms with Gasteiger partial charge in [0.05, 0.1) is 12.5 Å². The summed E-state index contributed by atoms with van der Waals surface area (Å²) in [5, 5.41) is 17.6. The normalized spacial score (nSPS) is 25.6. The molecule has 2 aliphatic rings. The highest BCUT2D eigenvalue weighted by Gasteiger charge is 2.84. The maximum atomic E-state index is 11.9. The van der Waals surface area contributed by atoms with Crippen molar-refractivity contribution in [3.8, 4) is 17.2 Å². The first kappa shape index (κ1) is 15.4. The summed E-state index contributed by atoms with van der Waals surface area (Å²) in [6.45, 7) is 0. The highest BCUT2D eigenvalue weighted by Crippen LogP contribution is 2.85. The Morgan fingerprint density at radius 1 is 1.36 bits per heavy atom. The zero-order valence-corrected chi connectivity index (χ0v) is 13.5. The minimum atomic E-state index is -0.455. The van der Waals surface area contributed by atoms with E-state index in [-0.39, 0.29) is 29.4 Å². The third-order valence-electron chi connectivity index (χ3n) is 5.05. The highest BCUT2D eigenvalue weighted by atomic mass is 16.5. The van der Waals surface area contributed by atoms with Crippen LogP contribution in [0, 0.1) is 16.7 Å². The van der Waals surface area contributed by atoms with Crippen LogP contribution in [0.25, 0.3) is 0 Å². The Kier molecular flexibility index (Phi) is 3.21. The third kappa shape index (κ3) is 2.31. The standard InChI is InChI=1S/C18H17N3O4/c1-24-17(23)18-8-12(18)15(18)11-6-9(2-3-14(11)22)25-10-4-5-21-13(7-10)16(19)20/h2-7,12,15,22H,8H2,1H3,(H3,19,20). The van der Waals surface area contributed by atoms with Gasteiger partial charge in [-0.1, -0.05) is 0 Å². The van der Waals surface area contributed by atoms with E-state index in [4.69, 9.17) is 20.6 Å². The number of aromatic nitrogens is 1. The van der Waals surface area contributed by atoms with Crippen molar-refractivity contribution in [2.24, 2.45) is 17.1 Å². The molecule has 1 heterocycles. The number of aromatic hydroxyl groups is 1. The molecule has 7 nitrogen and oxygen atoms in total. The number of rotatable bonds is 5. The summed E-state index contributed by atoms with van der Waals surface area (Å²) in [7, 11) is 1.39. The average molecular weight is 339 g/mol. The Balaban J connectivity index is 1.58. The Morgan fingerprint density at radius 2 is 2.12 bits per heavy atom. The third-order valence-corrected chi connectivity index (χ3v) is 5.05. The number of nitrogens with zero attached hydrogens (tertiary/aromatic N) is 1. The number of fused-ring (bicyclic) bond motifs is 1. The van der Waals surface area contributed by atoms with Crippen molar-refractivity contribution < 1.29 is 19.4 Å². The maximum absolute atomic E-state index is 11.9. The van der Waals surface area contributed by atoms with Crippen molar-refractivity contribution in [1.82, 2.24) is 4.98 Å². The van der Waals surface area contributed by atoms with Crippen LogP contribution in [0.3, 0.4) is 0 Å². The molecule has 25 heavy (non-hydrogen) atoms. The molecule has 0 amide bonds. The van der Waals surface area contributed by atoms with Gasteiger partial charge in [0.2, 0.25) is 0 Å². The Morgan fingerprint density at radius 3 is 2.80 bits per heavy atom. The number of ether oxygens (including phenoxy) is 2. The molecule has 128 valence electrons. The molecule has 0 bridgehead atoms. The summed E-state index contributed by atoms with van der Waals surface area (Å²) < 4.78 is 10.7. The van der Waals surface area contributed by atoms with Crippen LogP contribution < -0.4 is 10.5 Å². The summed E-state index contributed by atoms with van der Waals surface area (Å²) in [5.74, 6) is 1.02. The lowest BCUT2D eigenvalue weighted by Gasteiger charge is -2.14. The van der Waals surface area contributed by atoms with Crippen LogP contribution in [0.15, 0.2) is 36.5 Å². The van der Waals surface area contributed by atoms with E-state index in [2.05, 4.69) is 4.98 Å². The van der Waals surface area contributed by atoms with Crippen LogP contribution >= 0.6 is 0 Å². The molecule has 3 atom stereocenters. The number of hydrogen-bond donors (Lipinski definition) is 3. The number of methoxy groups -OCH3 is 1. The van der Waals surface area contributed by atoms with Gasteiger partial charge in [-0.05, 0) is 36.6 Å². The first-order chi connectivity index (χ1) is 12.0. The van der Waals surface area contributed by atoms with Crippen molar-refractivity contribution in [2.45, 2.75) is 12.3 Å². The molecule has 0 spiro atoms. The van der Waals surface area contributed by atoms with Crippen LogP contribution in [0.2, 0.25) is 0 Å². The van der Waals surface area contributed by atoms with Gasteiger partial charge in [0.15, 0.2) is 0 Å². The highest BCUT2D eigenvalue weighted by molar-refractivity contribution is 5.93. The summed E-state index contributed by atoms with van der Waals surface area (Å²) in [5.41, 5.74) is 6.00. The number of benzene rings is 1. The van der Waals surface area contributed by atoms with Crippen molar-refractivity contribution in [1.29, 1.82) is 5.41 Å². The SMILES string of the molecule is COC(=O)C12CC1C2c1cc(Oc2ccnc(C(=N)N)c2)ccc1O. The number of phenolic OH excluding ortho intramolecular Hbond substituents is 1. The van der Waals surface area contributed by atoms with Crippen molar-refractivity contribution in [3.63, 3.8) is 0 Å². The second-order valence-electron chi connectivity index (χ2n) is 6.43. The van der Waals surface area contributed by atoms with E-state index in [1.165, 1.54) is 13.3 Å². The summed E-state index contributed by atoms with van der Waals surface area (Å²) in [4.78, 5) is 15.9. The van der Waals surface area contributed by atoms with E-state index >= 15 is 0 Å². The molecule has 4 N–H and O–H groups in total. The van der Waals surface area contributed by atoms with Crippen LogP contribution in [0.1, 0.15) is 23.6 Å². The van der Waals surface area contributed by atoms with Crippen LogP contribution in [-0.2, 0) is 9.53 Å². The molecule has 4 rings (SSSR count). The number of phenols is 1. The minimum Gasteiger partial charge on any atom is -0.508 e. The summed E-state index contributed by atoms with van der Waals surface area (Å²) >= 11 is 0. The molecule has 7 heteroatoms. The molecule has 0 radical (unpaired) electrons. The van der Waals surface area contributed by atoms with Gasteiger partial charge < -0.3 is 20.3 Å². The quantitative estimate of drug-likeness (QED) is 0.436. The number of nitrogens with one attached hydrogen (secondary N) is 1. The van der Waals surface area contributed by atoms with Gasteiger partial charge in [0.25, 0.3) is 0 Å². The largest absolute Gasteiger partial charge is 0.508 e. The number of hydrogen-bond acceptors (Lipinski definition) is 6. The summed E-state index contributed by atoms with van der Waals surface area (Å²) in [6, 6.07) is 8.17. The van der Waals surface area contributed by atoms with Crippen LogP contribution in [0.4, 0.5) is 0 Å². The Labute approximate surface area is 143 Å². The topological polar surface area (TPSA) is 119 Å². The fourth-order valence-corrected chi connectivity index (χ4v) is 3.56. The Hall–Kier alpha value is -3.09. The van der Waals surface area contributed by atoms with Crippen molar-refractivity contribution >= 4 is 11.8 Å². The van der Waals surface area contributed by atoms with Crippen molar-refractivity contribution in [3.05, 3.63) is 47.8 Å². The van der Waals surface area contributed by atoms with Gasteiger partial charge in [-0.15, -0.1) is 0 Å². The smallest absolute Gasteiger partial charge is 0.312 e.